The van der Waals surface area contributed by atoms with Gasteiger partial charge < -0.3 is 5.73 Å². The molecule has 0 radical (unpaired) electrons. The monoisotopic (exact) mass is 333 g/mol. The Hall–Kier alpha value is -2.23. The predicted molar refractivity (Wildman–Crippen MR) is 106 cm³/mol. The molecule has 3 rings (SSSR count). The minimum absolute atomic E-state index is 0.529. The van der Waals surface area contributed by atoms with E-state index in [1.807, 2.05) is 18.2 Å². The summed E-state index contributed by atoms with van der Waals surface area (Å²) in [5.41, 5.74) is 11.2. The maximum atomic E-state index is 5.57. The van der Waals surface area contributed by atoms with Crippen molar-refractivity contribution in [3.05, 3.63) is 77.1 Å². The molecule has 2 aromatic rings. The van der Waals surface area contributed by atoms with E-state index >= 15 is 0 Å². The first kappa shape index (κ1) is 17.6. The Bertz CT molecular complexity index is 738. The molecule has 3 heteroatoms. The standard InChI is InChI=1S/C22H27N3/c1-18-9-11-19(12-10-18)21(13-17-25-15-2-3-16-25)22-8-4-6-20(24-22)7-5-14-23/h4-13H,2-3,14-17,23H2,1H3/b7-5+,21-13+. The lowest BCUT2D eigenvalue weighted by atomic mass is 10.00. The smallest absolute Gasteiger partial charge is 0.0712 e. The maximum absolute atomic E-state index is 5.57. The van der Waals surface area contributed by atoms with Crippen LogP contribution in [0.5, 0.6) is 0 Å². The van der Waals surface area contributed by atoms with Crippen molar-refractivity contribution in [3.63, 3.8) is 0 Å². The highest BCUT2D eigenvalue weighted by atomic mass is 15.1. The van der Waals surface area contributed by atoms with Crippen molar-refractivity contribution in [2.45, 2.75) is 19.8 Å². The first-order chi connectivity index (χ1) is 12.3. The van der Waals surface area contributed by atoms with E-state index in [2.05, 4.69) is 54.3 Å². The van der Waals surface area contributed by atoms with Crippen molar-refractivity contribution in [2.24, 2.45) is 5.73 Å². The number of rotatable bonds is 6. The van der Waals surface area contributed by atoms with Crippen molar-refractivity contribution >= 4 is 11.6 Å². The normalized spacial score (nSPS) is 16.0. The molecule has 0 atom stereocenters. The van der Waals surface area contributed by atoms with Gasteiger partial charge in [0.25, 0.3) is 0 Å². The number of nitrogens with two attached hydrogens (primary N) is 1. The van der Waals surface area contributed by atoms with Gasteiger partial charge in [-0.25, -0.2) is 4.98 Å². The van der Waals surface area contributed by atoms with Gasteiger partial charge in [0.2, 0.25) is 0 Å². The Labute approximate surface area is 150 Å². The SMILES string of the molecule is Cc1ccc(/C(=C\CN2CCCC2)c2cccc(/C=C/CN)n2)cc1. The topological polar surface area (TPSA) is 42.1 Å². The van der Waals surface area contributed by atoms with Crippen LogP contribution in [0.2, 0.25) is 0 Å². The molecule has 1 aromatic heterocycles. The van der Waals surface area contributed by atoms with Gasteiger partial charge in [0, 0.05) is 18.7 Å². The summed E-state index contributed by atoms with van der Waals surface area (Å²) in [7, 11) is 0. The Balaban J connectivity index is 1.93. The highest BCUT2D eigenvalue weighted by Crippen LogP contribution is 2.23. The van der Waals surface area contributed by atoms with Crippen LogP contribution in [0.4, 0.5) is 0 Å². The zero-order chi connectivity index (χ0) is 17.5. The second-order valence-electron chi connectivity index (χ2n) is 6.58. The average Bonchev–Trinajstić information content (AvgIpc) is 3.15. The van der Waals surface area contributed by atoms with Crippen molar-refractivity contribution in [1.82, 2.24) is 9.88 Å². The fourth-order valence-electron chi connectivity index (χ4n) is 3.17. The number of hydrogen-bond acceptors (Lipinski definition) is 3. The molecule has 1 aliphatic heterocycles. The zero-order valence-corrected chi connectivity index (χ0v) is 15.0. The summed E-state index contributed by atoms with van der Waals surface area (Å²) in [6.45, 7) is 6.03. The summed E-state index contributed by atoms with van der Waals surface area (Å²) in [6, 6.07) is 14.9. The van der Waals surface area contributed by atoms with Gasteiger partial charge in [-0.2, -0.15) is 0 Å². The van der Waals surface area contributed by atoms with Crippen molar-refractivity contribution in [3.8, 4) is 0 Å². The van der Waals surface area contributed by atoms with Gasteiger partial charge in [-0.1, -0.05) is 48.0 Å². The molecule has 0 bridgehead atoms. The quantitative estimate of drug-likeness (QED) is 0.872. The largest absolute Gasteiger partial charge is 0.327 e. The van der Waals surface area contributed by atoms with E-state index in [-0.39, 0.29) is 0 Å². The maximum Gasteiger partial charge on any atom is 0.0712 e. The first-order valence-corrected chi connectivity index (χ1v) is 9.10. The van der Waals surface area contributed by atoms with Gasteiger partial charge in [0.1, 0.15) is 0 Å². The van der Waals surface area contributed by atoms with Crippen LogP contribution in [0.25, 0.3) is 11.6 Å². The molecule has 2 heterocycles. The second-order valence-corrected chi connectivity index (χ2v) is 6.58. The van der Waals surface area contributed by atoms with Crippen LogP contribution < -0.4 is 5.73 Å². The molecular formula is C22H27N3. The number of likely N-dealkylation sites (tertiary alicyclic amines) is 1. The molecule has 1 saturated heterocycles. The summed E-state index contributed by atoms with van der Waals surface area (Å²) >= 11 is 0. The Morgan fingerprint density at radius 2 is 1.88 bits per heavy atom. The molecular weight excluding hydrogens is 306 g/mol. The Morgan fingerprint density at radius 1 is 1.12 bits per heavy atom. The lowest BCUT2D eigenvalue weighted by Gasteiger charge is -2.14. The van der Waals surface area contributed by atoms with E-state index in [4.69, 9.17) is 10.7 Å². The number of benzene rings is 1. The number of nitrogens with zero attached hydrogens (tertiary/aromatic N) is 2. The number of pyridine rings is 1. The minimum Gasteiger partial charge on any atom is -0.327 e. The van der Waals surface area contributed by atoms with Gasteiger partial charge in [-0.05, 0) is 56.6 Å². The fraction of sp³-hybridized carbons (Fsp3) is 0.318. The minimum atomic E-state index is 0.529. The number of aryl methyl sites for hydroxylation is 1. The molecule has 0 saturated carbocycles. The van der Waals surface area contributed by atoms with E-state index in [1.165, 1.54) is 42.6 Å². The lowest BCUT2D eigenvalue weighted by Crippen LogP contribution is -2.19. The predicted octanol–water partition coefficient (Wildman–Crippen LogP) is 3.89. The molecule has 1 aliphatic rings. The third-order valence-corrected chi connectivity index (χ3v) is 4.59. The number of aromatic nitrogens is 1. The molecule has 0 amide bonds. The van der Waals surface area contributed by atoms with Crippen molar-refractivity contribution in [1.29, 1.82) is 0 Å². The van der Waals surface area contributed by atoms with Gasteiger partial charge in [0.15, 0.2) is 0 Å². The number of hydrogen-bond donors (Lipinski definition) is 1. The van der Waals surface area contributed by atoms with Crippen LogP contribution in [0, 0.1) is 6.92 Å². The van der Waals surface area contributed by atoms with E-state index in [1.54, 1.807) is 0 Å². The van der Waals surface area contributed by atoms with Crippen molar-refractivity contribution in [2.75, 3.05) is 26.2 Å². The molecule has 1 fully saturated rings. The molecule has 130 valence electrons. The summed E-state index contributed by atoms with van der Waals surface area (Å²) in [4.78, 5) is 7.33. The van der Waals surface area contributed by atoms with Crippen LogP contribution in [-0.4, -0.2) is 36.1 Å². The van der Waals surface area contributed by atoms with Crippen LogP contribution >= 0.6 is 0 Å². The first-order valence-electron chi connectivity index (χ1n) is 9.10. The highest BCUT2D eigenvalue weighted by molar-refractivity contribution is 5.78. The Morgan fingerprint density at radius 3 is 2.60 bits per heavy atom. The van der Waals surface area contributed by atoms with Gasteiger partial charge in [-0.3, -0.25) is 4.90 Å². The van der Waals surface area contributed by atoms with Gasteiger partial charge >= 0.3 is 0 Å². The zero-order valence-electron chi connectivity index (χ0n) is 15.0. The van der Waals surface area contributed by atoms with Crippen LogP contribution in [-0.2, 0) is 0 Å². The van der Waals surface area contributed by atoms with Gasteiger partial charge in [-0.15, -0.1) is 0 Å². The van der Waals surface area contributed by atoms with E-state index in [9.17, 15) is 0 Å². The Kier molecular flexibility index (Phi) is 6.15. The van der Waals surface area contributed by atoms with Crippen LogP contribution in [0.15, 0.2) is 54.6 Å². The van der Waals surface area contributed by atoms with Crippen LogP contribution in [0.1, 0.15) is 35.4 Å². The summed E-state index contributed by atoms with van der Waals surface area (Å²) in [5, 5.41) is 0. The summed E-state index contributed by atoms with van der Waals surface area (Å²) in [6.07, 6.45) is 8.87. The lowest BCUT2D eigenvalue weighted by molar-refractivity contribution is 0.377. The molecule has 25 heavy (non-hydrogen) atoms. The summed E-state index contributed by atoms with van der Waals surface area (Å²) < 4.78 is 0. The van der Waals surface area contributed by atoms with E-state index in [0.29, 0.717) is 6.54 Å². The molecule has 1 aromatic carbocycles. The summed E-state index contributed by atoms with van der Waals surface area (Å²) in [5.74, 6) is 0. The van der Waals surface area contributed by atoms with Crippen LogP contribution in [0.3, 0.4) is 0 Å². The molecule has 0 unspecified atom stereocenters. The second kappa shape index (κ2) is 8.75. The van der Waals surface area contributed by atoms with Gasteiger partial charge in [0.05, 0.1) is 11.4 Å². The third-order valence-electron chi connectivity index (χ3n) is 4.59. The average molecular weight is 333 g/mol. The third kappa shape index (κ3) is 4.88. The molecule has 2 N–H and O–H groups in total. The van der Waals surface area contributed by atoms with Crippen molar-refractivity contribution < 1.29 is 0 Å². The molecule has 0 aliphatic carbocycles. The highest BCUT2D eigenvalue weighted by Gasteiger charge is 2.12. The van der Waals surface area contributed by atoms with E-state index < -0.39 is 0 Å². The van der Waals surface area contributed by atoms with E-state index in [0.717, 1.165) is 17.9 Å². The molecule has 3 nitrogen and oxygen atoms in total. The molecule has 0 spiro atoms. The fourth-order valence-corrected chi connectivity index (χ4v) is 3.17.